The molecule has 30 heavy (non-hydrogen) atoms. The van der Waals surface area contributed by atoms with Crippen LogP contribution < -0.4 is 0 Å². The minimum atomic E-state index is -1.20. The number of aliphatic hydroxyl groups excluding tert-OH is 2. The van der Waals surface area contributed by atoms with Crippen LogP contribution >= 0.6 is 0 Å². The molecular formula is C22H24F2N2O4. The monoisotopic (exact) mass is 418 g/mol. The highest BCUT2D eigenvalue weighted by Gasteiger charge is 2.40. The van der Waals surface area contributed by atoms with Crippen LogP contribution in [0.2, 0.25) is 0 Å². The Hall–Kier alpha value is -2.71. The van der Waals surface area contributed by atoms with Crippen LogP contribution in [0.3, 0.4) is 0 Å². The highest BCUT2D eigenvalue weighted by molar-refractivity contribution is 6.08. The number of aromatic nitrogens is 1. The number of β-amino-alcohol motifs (C(OH)–C–C–N with tert-alkyl or cyclic N) is 1. The van der Waals surface area contributed by atoms with E-state index in [2.05, 4.69) is 0 Å². The molecule has 0 saturated carbocycles. The third-order valence-electron chi connectivity index (χ3n) is 5.31. The third kappa shape index (κ3) is 3.61. The van der Waals surface area contributed by atoms with E-state index in [0.29, 0.717) is 21.8 Å². The summed E-state index contributed by atoms with van der Waals surface area (Å²) in [5, 5.41) is 22.2. The third-order valence-corrected chi connectivity index (χ3v) is 5.31. The Morgan fingerprint density at radius 2 is 1.53 bits per heavy atom. The number of hydrogen-bond donors (Lipinski definition) is 2. The number of rotatable bonds is 1. The standard InChI is InChI=1S/C22H24F2N2O4/c1-22(2,3)30-21(29)25-10-18(20(28)19(27)11-25)26-16-6-4-12(23)8-14(16)15-9-13(24)5-7-17(15)26/h4-9,18-20,27-28H,10-11H2,1-3H3/t18-,19-,20+/m0/s1. The Balaban J connectivity index is 1.84. The van der Waals surface area contributed by atoms with Crippen LogP contribution in [0.25, 0.3) is 21.8 Å². The first kappa shape index (κ1) is 20.6. The summed E-state index contributed by atoms with van der Waals surface area (Å²) >= 11 is 0. The molecule has 1 aliphatic rings. The minimum absolute atomic E-state index is 0.0702. The lowest BCUT2D eigenvalue weighted by Crippen LogP contribution is -2.55. The summed E-state index contributed by atoms with van der Waals surface area (Å²) in [6.07, 6.45) is -2.99. The Labute approximate surface area is 172 Å². The molecule has 2 heterocycles. The van der Waals surface area contributed by atoms with Crippen molar-refractivity contribution in [2.45, 2.75) is 44.6 Å². The van der Waals surface area contributed by atoms with Crippen LogP contribution in [0.1, 0.15) is 26.8 Å². The second kappa shape index (κ2) is 7.21. The topological polar surface area (TPSA) is 74.9 Å². The highest BCUT2D eigenvalue weighted by atomic mass is 19.1. The van der Waals surface area contributed by atoms with Gasteiger partial charge < -0.3 is 24.4 Å². The second-order valence-electron chi connectivity index (χ2n) is 8.70. The number of amides is 1. The summed E-state index contributed by atoms with van der Waals surface area (Å²) in [6, 6.07) is 7.55. The van der Waals surface area contributed by atoms with Gasteiger partial charge in [-0.25, -0.2) is 13.6 Å². The van der Waals surface area contributed by atoms with Crippen LogP contribution in [0.5, 0.6) is 0 Å². The van der Waals surface area contributed by atoms with Crippen LogP contribution in [-0.2, 0) is 4.74 Å². The van der Waals surface area contributed by atoms with E-state index in [-0.39, 0.29) is 13.1 Å². The predicted octanol–water partition coefficient (Wildman–Crippen LogP) is 3.59. The smallest absolute Gasteiger partial charge is 0.410 e. The Bertz CT molecular complexity index is 1060. The van der Waals surface area contributed by atoms with Gasteiger partial charge in [-0.15, -0.1) is 0 Å². The highest BCUT2D eigenvalue weighted by Crippen LogP contribution is 2.36. The van der Waals surface area contributed by atoms with E-state index >= 15 is 0 Å². The quantitative estimate of drug-likeness (QED) is 0.634. The van der Waals surface area contributed by atoms with Crippen LogP contribution in [0.15, 0.2) is 36.4 Å². The van der Waals surface area contributed by atoms with Gasteiger partial charge in [0.15, 0.2) is 0 Å². The average Bonchev–Trinajstić information content (AvgIpc) is 2.95. The summed E-state index contributed by atoms with van der Waals surface area (Å²) in [4.78, 5) is 13.9. The van der Waals surface area contributed by atoms with E-state index in [9.17, 15) is 23.8 Å². The molecule has 3 aromatic rings. The fraction of sp³-hybridized carbons (Fsp3) is 0.409. The van der Waals surface area contributed by atoms with Gasteiger partial charge in [0.25, 0.3) is 0 Å². The number of nitrogens with zero attached hydrogens (tertiary/aromatic N) is 2. The maximum atomic E-state index is 13.9. The SMILES string of the molecule is CC(C)(C)OC(=O)N1C[C@H](O)[C@H](O)[C@@H](n2c3ccc(F)cc3c3cc(F)ccc32)C1. The van der Waals surface area contributed by atoms with Gasteiger partial charge in [0.05, 0.1) is 18.7 Å². The van der Waals surface area contributed by atoms with Gasteiger partial charge in [0.2, 0.25) is 0 Å². The lowest BCUT2D eigenvalue weighted by Gasteiger charge is -2.40. The Kier molecular flexibility index (Phi) is 4.94. The van der Waals surface area contributed by atoms with Gasteiger partial charge in [-0.2, -0.15) is 0 Å². The lowest BCUT2D eigenvalue weighted by molar-refractivity contribution is -0.0704. The molecule has 1 saturated heterocycles. The van der Waals surface area contributed by atoms with E-state index in [0.717, 1.165) is 0 Å². The largest absolute Gasteiger partial charge is 0.444 e. The van der Waals surface area contributed by atoms with Crippen LogP contribution in [-0.4, -0.2) is 56.7 Å². The summed E-state index contributed by atoms with van der Waals surface area (Å²) in [5.74, 6) is -0.934. The van der Waals surface area contributed by atoms with Crippen molar-refractivity contribution in [3.05, 3.63) is 48.0 Å². The van der Waals surface area contributed by atoms with Crippen molar-refractivity contribution in [1.82, 2.24) is 9.47 Å². The van der Waals surface area contributed by atoms with E-state index in [4.69, 9.17) is 4.74 Å². The van der Waals surface area contributed by atoms with Crippen molar-refractivity contribution in [2.75, 3.05) is 13.1 Å². The van der Waals surface area contributed by atoms with E-state index in [1.165, 1.54) is 29.2 Å². The van der Waals surface area contributed by atoms with Crippen molar-refractivity contribution in [3.8, 4) is 0 Å². The van der Waals surface area contributed by atoms with Gasteiger partial charge in [0.1, 0.15) is 23.3 Å². The zero-order valence-electron chi connectivity index (χ0n) is 17.0. The fourth-order valence-corrected chi connectivity index (χ4v) is 4.06. The normalized spacial score (nSPS) is 22.6. The maximum absolute atomic E-state index is 13.9. The number of aliphatic hydroxyl groups is 2. The van der Waals surface area contributed by atoms with Crippen molar-refractivity contribution in [3.63, 3.8) is 0 Å². The van der Waals surface area contributed by atoms with Gasteiger partial charge in [-0.1, -0.05) is 0 Å². The van der Waals surface area contributed by atoms with Crippen molar-refractivity contribution in [2.24, 2.45) is 0 Å². The van der Waals surface area contributed by atoms with E-state index in [1.54, 1.807) is 37.5 Å². The molecule has 1 aliphatic heterocycles. The molecule has 160 valence electrons. The molecule has 0 radical (unpaired) electrons. The first-order chi connectivity index (χ1) is 14.0. The molecule has 8 heteroatoms. The van der Waals surface area contributed by atoms with Crippen molar-refractivity contribution >= 4 is 27.9 Å². The molecule has 1 aromatic heterocycles. The fourth-order valence-electron chi connectivity index (χ4n) is 4.06. The number of benzene rings is 2. The number of carbonyl (C=O) groups excluding carboxylic acids is 1. The molecule has 3 atom stereocenters. The van der Waals surface area contributed by atoms with Gasteiger partial charge >= 0.3 is 6.09 Å². The number of carbonyl (C=O) groups is 1. The van der Waals surface area contributed by atoms with Crippen molar-refractivity contribution < 1.29 is 28.5 Å². The molecule has 2 N–H and O–H groups in total. The summed E-state index contributed by atoms with van der Waals surface area (Å²) in [6.45, 7) is 5.22. The molecule has 0 aliphatic carbocycles. The maximum Gasteiger partial charge on any atom is 0.410 e. The number of hydrogen-bond acceptors (Lipinski definition) is 4. The summed E-state index contributed by atoms with van der Waals surface area (Å²) in [7, 11) is 0. The number of likely N-dealkylation sites (tertiary alicyclic amines) is 1. The number of fused-ring (bicyclic) bond motifs is 3. The second-order valence-corrected chi connectivity index (χ2v) is 8.70. The minimum Gasteiger partial charge on any atom is -0.444 e. The summed E-state index contributed by atoms with van der Waals surface area (Å²) < 4.78 is 35.0. The molecule has 4 rings (SSSR count). The lowest BCUT2D eigenvalue weighted by atomic mass is 9.99. The molecule has 0 spiro atoms. The molecular weight excluding hydrogens is 394 g/mol. The first-order valence-corrected chi connectivity index (χ1v) is 9.78. The zero-order valence-corrected chi connectivity index (χ0v) is 17.0. The predicted molar refractivity (Wildman–Crippen MR) is 108 cm³/mol. The number of piperidine rings is 1. The Morgan fingerprint density at radius 1 is 1.00 bits per heavy atom. The number of halogens is 2. The van der Waals surface area contributed by atoms with Gasteiger partial charge in [0, 0.05) is 28.4 Å². The van der Waals surface area contributed by atoms with Gasteiger partial charge in [-0.05, 0) is 57.2 Å². The van der Waals surface area contributed by atoms with Crippen LogP contribution in [0.4, 0.5) is 13.6 Å². The van der Waals surface area contributed by atoms with Crippen LogP contribution in [0, 0.1) is 11.6 Å². The molecule has 0 unspecified atom stereocenters. The Morgan fingerprint density at radius 3 is 2.03 bits per heavy atom. The van der Waals surface area contributed by atoms with Crippen molar-refractivity contribution in [1.29, 1.82) is 0 Å². The molecule has 1 amide bonds. The van der Waals surface area contributed by atoms with Gasteiger partial charge in [-0.3, -0.25) is 0 Å². The molecule has 2 aromatic carbocycles. The summed E-state index contributed by atoms with van der Waals surface area (Å²) in [5.41, 5.74) is 0.425. The number of ether oxygens (including phenoxy) is 1. The van der Waals surface area contributed by atoms with E-state index in [1.807, 2.05) is 0 Å². The van der Waals surface area contributed by atoms with E-state index < -0.39 is 41.6 Å². The molecule has 0 bridgehead atoms. The molecule has 1 fully saturated rings. The first-order valence-electron chi connectivity index (χ1n) is 9.78. The zero-order chi connectivity index (χ0) is 21.8. The molecule has 6 nitrogen and oxygen atoms in total. The average molecular weight is 418 g/mol.